The second-order valence-corrected chi connectivity index (χ2v) is 7.55. The molecule has 4 rings (SSSR count). The maximum absolute atomic E-state index is 12.4. The first-order chi connectivity index (χ1) is 14.5. The molecule has 0 fully saturated rings. The number of carbonyl (C=O) groups is 2. The maximum atomic E-state index is 12.4. The molecule has 3 aromatic heterocycles. The molecule has 8 heteroatoms. The number of aromatic nitrogens is 2. The van der Waals surface area contributed by atoms with Crippen LogP contribution >= 0.6 is 11.3 Å². The molecule has 1 aromatic carbocycles. The fourth-order valence-corrected chi connectivity index (χ4v) is 3.49. The number of amides is 1. The zero-order valence-electron chi connectivity index (χ0n) is 16.0. The van der Waals surface area contributed by atoms with Crippen molar-refractivity contribution in [3.63, 3.8) is 0 Å². The molecule has 3 heterocycles. The summed E-state index contributed by atoms with van der Waals surface area (Å²) < 4.78 is 6.75. The standard InChI is InChI=1S/C22H17N3O4S/c1-14-7-8-25-19(10-14)23-17(12-20(25)26)13-29-22(28)15-4-2-5-16(11-15)24-21(27)18-6-3-9-30-18/h2-12H,13H2,1H3,(H,24,27). The van der Waals surface area contributed by atoms with Crippen molar-refractivity contribution in [3.8, 4) is 0 Å². The molecule has 0 aliphatic heterocycles. The van der Waals surface area contributed by atoms with Crippen LogP contribution < -0.4 is 10.9 Å². The van der Waals surface area contributed by atoms with Crippen LogP contribution in [0.1, 0.15) is 31.3 Å². The topological polar surface area (TPSA) is 89.8 Å². The number of thiophene rings is 1. The molecular weight excluding hydrogens is 402 g/mol. The lowest BCUT2D eigenvalue weighted by Crippen LogP contribution is -2.16. The van der Waals surface area contributed by atoms with E-state index in [9.17, 15) is 14.4 Å². The van der Waals surface area contributed by atoms with Gasteiger partial charge in [-0.2, -0.15) is 0 Å². The van der Waals surface area contributed by atoms with Gasteiger partial charge in [0.05, 0.1) is 16.1 Å². The lowest BCUT2D eigenvalue weighted by molar-refractivity contribution is 0.0467. The van der Waals surface area contributed by atoms with Gasteiger partial charge >= 0.3 is 5.97 Å². The van der Waals surface area contributed by atoms with Gasteiger partial charge in [0, 0.05) is 18.0 Å². The minimum absolute atomic E-state index is 0.135. The lowest BCUT2D eigenvalue weighted by Gasteiger charge is -2.08. The van der Waals surface area contributed by atoms with Crippen LogP contribution in [0.4, 0.5) is 5.69 Å². The Morgan fingerprint density at radius 2 is 2.00 bits per heavy atom. The van der Waals surface area contributed by atoms with E-state index in [0.29, 0.717) is 21.9 Å². The number of carbonyl (C=O) groups excluding carboxylic acids is 2. The third-order valence-electron chi connectivity index (χ3n) is 4.33. The lowest BCUT2D eigenvalue weighted by atomic mass is 10.2. The Hall–Kier alpha value is -3.78. The van der Waals surface area contributed by atoms with Gasteiger partial charge in [-0.05, 0) is 54.3 Å². The average molecular weight is 419 g/mol. The number of hydrogen-bond donors (Lipinski definition) is 1. The van der Waals surface area contributed by atoms with Crippen LogP contribution in [-0.2, 0) is 11.3 Å². The number of benzene rings is 1. The first kappa shape index (κ1) is 19.5. The summed E-state index contributed by atoms with van der Waals surface area (Å²) in [6.45, 7) is 1.77. The highest BCUT2D eigenvalue weighted by Gasteiger charge is 2.12. The molecule has 0 saturated carbocycles. The van der Waals surface area contributed by atoms with Gasteiger partial charge in [-0.1, -0.05) is 12.1 Å². The van der Waals surface area contributed by atoms with Crippen LogP contribution in [-0.4, -0.2) is 21.3 Å². The van der Waals surface area contributed by atoms with Gasteiger partial charge in [0.1, 0.15) is 12.3 Å². The fourth-order valence-electron chi connectivity index (χ4n) is 2.87. The summed E-state index contributed by atoms with van der Waals surface area (Å²) in [6.07, 6.45) is 1.66. The van der Waals surface area contributed by atoms with E-state index >= 15 is 0 Å². The number of aryl methyl sites for hydroxylation is 1. The zero-order chi connectivity index (χ0) is 21.1. The van der Waals surface area contributed by atoms with Crippen LogP contribution in [0.25, 0.3) is 5.65 Å². The number of anilines is 1. The Balaban J connectivity index is 1.46. The molecule has 30 heavy (non-hydrogen) atoms. The van der Waals surface area contributed by atoms with E-state index in [0.717, 1.165) is 5.56 Å². The molecule has 1 N–H and O–H groups in total. The number of pyridine rings is 1. The number of fused-ring (bicyclic) bond motifs is 1. The molecule has 4 aromatic rings. The average Bonchev–Trinajstić information content (AvgIpc) is 3.27. The SMILES string of the molecule is Cc1ccn2c(=O)cc(COC(=O)c3cccc(NC(=O)c4cccs4)c3)nc2c1. The third kappa shape index (κ3) is 4.28. The van der Waals surface area contributed by atoms with E-state index in [1.54, 1.807) is 48.7 Å². The Labute approximate surface area is 175 Å². The van der Waals surface area contributed by atoms with Crippen LogP contribution in [0.2, 0.25) is 0 Å². The van der Waals surface area contributed by atoms with Gasteiger partial charge in [-0.3, -0.25) is 14.0 Å². The van der Waals surface area contributed by atoms with E-state index in [1.807, 2.05) is 18.4 Å². The second-order valence-electron chi connectivity index (χ2n) is 6.61. The number of nitrogens with one attached hydrogen (secondary N) is 1. The monoisotopic (exact) mass is 419 g/mol. The number of hydrogen-bond acceptors (Lipinski definition) is 6. The predicted octanol–water partition coefficient (Wildman–Crippen LogP) is 3.67. The highest BCUT2D eigenvalue weighted by atomic mass is 32.1. The molecule has 150 valence electrons. The summed E-state index contributed by atoms with van der Waals surface area (Å²) >= 11 is 1.33. The minimum atomic E-state index is -0.575. The molecule has 0 radical (unpaired) electrons. The second kappa shape index (κ2) is 8.30. The molecule has 0 saturated heterocycles. The molecule has 7 nitrogen and oxygen atoms in total. The van der Waals surface area contributed by atoms with Crippen molar-refractivity contribution in [2.24, 2.45) is 0 Å². The van der Waals surface area contributed by atoms with Crippen molar-refractivity contribution in [1.29, 1.82) is 0 Å². The summed E-state index contributed by atoms with van der Waals surface area (Å²) in [7, 11) is 0. The summed E-state index contributed by atoms with van der Waals surface area (Å²) in [4.78, 5) is 41.8. The van der Waals surface area contributed by atoms with E-state index in [4.69, 9.17) is 4.74 Å². The third-order valence-corrected chi connectivity index (χ3v) is 5.20. The van der Waals surface area contributed by atoms with E-state index < -0.39 is 5.97 Å². The van der Waals surface area contributed by atoms with Gasteiger partial charge in [0.25, 0.3) is 11.5 Å². The van der Waals surface area contributed by atoms with Crippen molar-refractivity contribution < 1.29 is 14.3 Å². The van der Waals surface area contributed by atoms with Gasteiger partial charge in [0.15, 0.2) is 0 Å². The van der Waals surface area contributed by atoms with Gasteiger partial charge in [0.2, 0.25) is 0 Å². The largest absolute Gasteiger partial charge is 0.456 e. The number of esters is 1. The molecule has 0 atom stereocenters. The summed E-state index contributed by atoms with van der Waals surface area (Å²) in [5, 5.41) is 4.57. The molecule has 0 spiro atoms. The number of nitrogens with zero attached hydrogens (tertiary/aromatic N) is 2. The van der Waals surface area contributed by atoms with Crippen molar-refractivity contribution in [3.05, 3.63) is 98.2 Å². The van der Waals surface area contributed by atoms with Crippen LogP contribution in [0, 0.1) is 6.92 Å². The number of ether oxygens (including phenoxy) is 1. The Bertz CT molecular complexity index is 1300. The summed E-state index contributed by atoms with van der Waals surface area (Å²) in [5.41, 5.74) is 2.35. The van der Waals surface area contributed by atoms with Crippen molar-refractivity contribution >= 4 is 34.5 Å². The van der Waals surface area contributed by atoms with Crippen LogP contribution in [0.15, 0.2) is 71.0 Å². The first-order valence-corrected chi connectivity index (χ1v) is 9.98. The number of rotatable bonds is 5. The maximum Gasteiger partial charge on any atom is 0.338 e. The smallest absolute Gasteiger partial charge is 0.338 e. The normalized spacial score (nSPS) is 10.7. The summed E-state index contributed by atoms with van der Waals surface area (Å²) in [5.74, 6) is -0.819. The van der Waals surface area contributed by atoms with E-state index in [-0.39, 0.29) is 23.6 Å². The fraction of sp³-hybridized carbons (Fsp3) is 0.0909. The highest BCUT2D eigenvalue weighted by Crippen LogP contribution is 2.16. The minimum Gasteiger partial charge on any atom is -0.456 e. The predicted molar refractivity (Wildman–Crippen MR) is 114 cm³/mol. The van der Waals surface area contributed by atoms with Crippen molar-refractivity contribution in [2.45, 2.75) is 13.5 Å². The Kier molecular flexibility index (Phi) is 5.40. The Morgan fingerprint density at radius 3 is 2.80 bits per heavy atom. The zero-order valence-corrected chi connectivity index (χ0v) is 16.8. The molecule has 0 bridgehead atoms. The first-order valence-electron chi connectivity index (χ1n) is 9.10. The van der Waals surface area contributed by atoms with Gasteiger partial charge < -0.3 is 10.1 Å². The molecule has 0 aliphatic rings. The van der Waals surface area contributed by atoms with Crippen molar-refractivity contribution in [1.82, 2.24) is 9.38 Å². The van der Waals surface area contributed by atoms with Gasteiger partial charge in [-0.25, -0.2) is 9.78 Å². The Morgan fingerprint density at radius 1 is 1.13 bits per heavy atom. The van der Waals surface area contributed by atoms with Crippen LogP contribution in [0.5, 0.6) is 0 Å². The van der Waals surface area contributed by atoms with E-state index in [1.165, 1.54) is 21.8 Å². The quantitative estimate of drug-likeness (QED) is 0.499. The molecule has 1 amide bonds. The molecular formula is C22H17N3O4S. The van der Waals surface area contributed by atoms with Gasteiger partial charge in [-0.15, -0.1) is 11.3 Å². The molecule has 0 unspecified atom stereocenters. The molecule has 0 aliphatic carbocycles. The highest BCUT2D eigenvalue weighted by molar-refractivity contribution is 7.12. The van der Waals surface area contributed by atoms with E-state index in [2.05, 4.69) is 10.3 Å². The van der Waals surface area contributed by atoms with Crippen molar-refractivity contribution in [2.75, 3.05) is 5.32 Å². The van der Waals surface area contributed by atoms with Crippen LogP contribution in [0.3, 0.4) is 0 Å². The summed E-state index contributed by atoms with van der Waals surface area (Å²) in [6, 6.07) is 14.9.